The molecule has 0 bridgehead atoms. The van der Waals surface area contributed by atoms with Gasteiger partial charge < -0.3 is 5.32 Å². The summed E-state index contributed by atoms with van der Waals surface area (Å²) in [6.07, 6.45) is 2.10. The molecule has 4 heteroatoms. The van der Waals surface area contributed by atoms with Crippen molar-refractivity contribution in [3.63, 3.8) is 0 Å². The summed E-state index contributed by atoms with van der Waals surface area (Å²) >= 11 is 0. The third-order valence-electron chi connectivity index (χ3n) is 4.40. The van der Waals surface area contributed by atoms with E-state index < -0.39 is 17.0 Å². The van der Waals surface area contributed by atoms with Crippen LogP contribution >= 0.6 is 0 Å². The predicted octanol–water partition coefficient (Wildman–Crippen LogP) is 3.10. The molecule has 0 aliphatic carbocycles. The third kappa shape index (κ3) is 3.23. The van der Waals surface area contributed by atoms with E-state index >= 15 is 0 Å². The fourth-order valence-corrected chi connectivity index (χ4v) is 2.76. The molecule has 1 saturated heterocycles. The Balaban J connectivity index is 2.09. The van der Waals surface area contributed by atoms with Crippen LogP contribution in [0, 0.1) is 23.0 Å². The van der Waals surface area contributed by atoms with Gasteiger partial charge in [-0.1, -0.05) is 19.9 Å². The molecule has 1 atom stereocenters. The van der Waals surface area contributed by atoms with Crippen molar-refractivity contribution in [3.8, 4) is 0 Å². The molecule has 110 valence electrons. The van der Waals surface area contributed by atoms with Crippen molar-refractivity contribution < 1.29 is 13.6 Å². The Hall–Kier alpha value is -1.29. The van der Waals surface area contributed by atoms with Crippen LogP contribution in [0.1, 0.15) is 32.3 Å². The molecule has 0 amide bonds. The fraction of sp³-hybridized carbons (Fsp3) is 0.562. The van der Waals surface area contributed by atoms with Crippen LogP contribution in [0.5, 0.6) is 0 Å². The molecule has 1 aliphatic heterocycles. The number of hydrogen-bond acceptors (Lipinski definition) is 2. The van der Waals surface area contributed by atoms with Gasteiger partial charge in [0, 0.05) is 17.9 Å². The minimum absolute atomic E-state index is 0.0108. The molecule has 1 heterocycles. The van der Waals surface area contributed by atoms with Gasteiger partial charge in [0.1, 0.15) is 17.4 Å². The van der Waals surface area contributed by atoms with Gasteiger partial charge in [-0.15, -0.1) is 0 Å². The van der Waals surface area contributed by atoms with Gasteiger partial charge in [0.15, 0.2) is 0 Å². The highest BCUT2D eigenvalue weighted by atomic mass is 19.1. The summed E-state index contributed by atoms with van der Waals surface area (Å²) in [6, 6.07) is 3.39. The molecule has 1 unspecified atom stereocenters. The fourth-order valence-electron chi connectivity index (χ4n) is 2.76. The number of benzene rings is 1. The second-order valence-electron chi connectivity index (χ2n) is 6.10. The van der Waals surface area contributed by atoms with E-state index in [-0.39, 0.29) is 23.7 Å². The highest BCUT2D eigenvalue weighted by molar-refractivity contribution is 5.86. The van der Waals surface area contributed by atoms with Crippen molar-refractivity contribution in [1.82, 2.24) is 5.32 Å². The SMILES string of the molecule is CC(C)(C(=O)Cc1ccc(F)cc1F)C1CCCNC1. The lowest BCUT2D eigenvalue weighted by Gasteiger charge is -2.36. The Morgan fingerprint density at radius 1 is 1.40 bits per heavy atom. The molecule has 1 N–H and O–H groups in total. The summed E-state index contributed by atoms with van der Waals surface area (Å²) < 4.78 is 26.5. The maximum atomic E-state index is 13.6. The lowest BCUT2D eigenvalue weighted by atomic mass is 9.71. The van der Waals surface area contributed by atoms with E-state index in [4.69, 9.17) is 0 Å². The largest absolute Gasteiger partial charge is 0.316 e. The van der Waals surface area contributed by atoms with E-state index in [1.54, 1.807) is 0 Å². The summed E-state index contributed by atoms with van der Waals surface area (Å²) in [6.45, 7) is 5.67. The van der Waals surface area contributed by atoms with Gasteiger partial charge in [0.2, 0.25) is 0 Å². The Kier molecular flexibility index (Phi) is 4.53. The second-order valence-corrected chi connectivity index (χ2v) is 6.10. The molecule has 0 saturated carbocycles. The Morgan fingerprint density at radius 2 is 2.15 bits per heavy atom. The topological polar surface area (TPSA) is 29.1 Å². The van der Waals surface area contributed by atoms with Crippen LogP contribution in [-0.2, 0) is 11.2 Å². The molecule has 1 aromatic rings. The van der Waals surface area contributed by atoms with Gasteiger partial charge in [-0.25, -0.2) is 8.78 Å². The summed E-state index contributed by atoms with van der Waals surface area (Å²) in [5.74, 6) is -0.977. The van der Waals surface area contributed by atoms with Crippen molar-refractivity contribution in [2.24, 2.45) is 11.3 Å². The lowest BCUT2D eigenvalue weighted by molar-refractivity contribution is -0.129. The number of ketones is 1. The van der Waals surface area contributed by atoms with Crippen LogP contribution in [0.25, 0.3) is 0 Å². The normalized spacial score (nSPS) is 19.9. The van der Waals surface area contributed by atoms with Crippen molar-refractivity contribution in [2.45, 2.75) is 33.1 Å². The molecule has 2 nitrogen and oxygen atoms in total. The van der Waals surface area contributed by atoms with Crippen molar-refractivity contribution >= 4 is 5.78 Å². The zero-order valence-corrected chi connectivity index (χ0v) is 12.0. The first-order valence-corrected chi connectivity index (χ1v) is 7.09. The first-order chi connectivity index (χ1) is 9.41. The molecule has 0 radical (unpaired) electrons. The maximum absolute atomic E-state index is 13.6. The molecule has 0 spiro atoms. The summed E-state index contributed by atoms with van der Waals surface area (Å²) in [7, 11) is 0. The Labute approximate surface area is 118 Å². The number of carbonyl (C=O) groups excluding carboxylic acids is 1. The predicted molar refractivity (Wildman–Crippen MR) is 74.4 cm³/mol. The number of hydrogen-bond donors (Lipinski definition) is 1. The third-order valence-corrected chi connectivity index (χ3v) is 4.40. The quantitative estimate of drug-likeness (QED) is 0.919. The summed E-state index contributed by atoms with van der Waals surface area (Å²) in [4.78, 5) is 12.5. The van der Waals surface area contributed by atoms with Gasteiger partial charge in [-0.2, -0.15) is 0 Å². The minimum Gasteiger partial charge on any atom is -0.316 e. The molecule has 1 aromatic carbocycles. The minimum atomic E-state index is -0.643. The molecular formula is C16H21F2NO. The Morgan fingerprint density at radius 3 is 2.75 bits per heavy atom. The standard InChI is InChI=1S/C16H21F2NO/c1-16(2,12-4-3-7-19-10-12)15(20)8-11-5-6-13(17)9-14(11)18/h5-6,9,12,19H,3-4,7-8,10H2,1-2H3. The van der Waals surface area contributed by atoms with Gasteiger partial charge in [-0.05, 0) is 43.5 Å². The average Bonchev–Trinajstić information content (AvgIpc) is 2.42. The van der Waals surface area contributed by atoms with Gasteiger partial charge in [0.05, 0.1) is 0 Å². The highest BCUT2D eigenvalue weighted by Gasteiger charge is 2.36. The van der Waals surface area contributed by atoms with Crippen LogP contribution in [0.15, 0.2) is 18.2 Å². The first-order valence-electron chi connectivity index (χ1n) is 7.09. The molecule has 1 fully saturated rings. The van der Waals surface area contributed by atoms with Crippen LogP contribution in [0.3, 0.4) is 0 Å². The van der Waals surface area contributed by atoms with Crippen LogP contribution in [0.2, 0.25) is 0 Å². The van der Waals surface area contributed by atoms with Crippen molar-refractivity contribution in [3.05, 3.63) is 35.4 Å². The van der Waals surface area contributed by atoms with E-state index in [2.05, 4.69) is 5.32 Å². The van der Waals surface area contributed by atoms with Crippen LogP contribution in [0.4, 0.5) is 8.78 Å². The average molecular weight is 281 g/mol. The number of halogens is 2. The lowest BCUT2D eigenvalue weighted by Crippen LogP contribution is -2.43. The van der Waals surface area contributed by atoms with Crippen LogP contribution in [-0.4, -0.2) is 18.9 Å². The molecule has 0 aromatic heterocycles. The zero-order chi connectivity index (χ0) is 14.8. The molecular weight excluding hydrogens is 260 g/mol. The van der Waals surface area contributed by atoms with Gasteiger partial charge in [0.25, 0.3) is 0 Å². The molecule has 2 rings (SSSR count). The maximum Gasteiger partial charge on any atom is 0.143 e. The second kappa shape index (κ2) is 6.00. The van der Waals surface area contributed by atoms with E-state index in [0.29, 0.717) is 0 Å². The smallest absolute Gasteiger partial charge is 0.143 e. The Bertz CT molecular complexity index is 493. The number of piperidine rings is 1. The monoisotopic (exact) mass is 281 g/mol. The highest BCUT2D eigenvalue weighted by Crippen LogP contribution is 2.33. The van der Waals surface area contributed by atoms with Crippen molar-refractivity contribution in [2.75, 3.05) is 13.1 Å². The summed E-state index contributed by atoms with van der Waals surface area (Å²) in [5.41, 5.74) is -0.220. The molecule has 20 heavy (non-hydrogen) atoms. The van der Waals surface area contributed by atoms with Crippen molar-refractivity contribution in [1.29, 1.82) is 0 Å². The van der Waals surface area contributed by atoms with E-state index in [0.717, 1.165) is 32.0 Å². The number of nitrogens with one attached hydrogen (secondary N) is 1. The van der Waals surface area contributed by atoms with Gasteiger partial charge >= 0.3 is 0 Å². The number of carbonyl (C=O) groups is 1. The first kappa shape index (κ1) is 15.1. The van der Waals surface area contributed by atoms with E-state index in [1.165, 1.54) is 12.1 Å². The van der Waals surface area contributed by atoms with Gasteiger partial charge in [-0.3, -0.25) is 4.79 Å². The summed E-state index contributed by atoms with van der Waals surface area (Å²) in [5, 5.41) is 3.30. The van der Waals surface area contributed by atoms with E-state index in [9.17, 15) is 13.6 Å². The number of rotatable bonds is 4. The zero-order valence-electron chi connectivity index (χ0n) is 12.0. The van der Waals surface area contributed by atoms with Crippen LogP contribution < -0.4 is 5.32 Å². The molecule has 1 aliphatic rings. The van der Waals surface area contributed by atoms with E-state index in [1.807, 2.05) is 13.8 Å². The number of Topliss-reactive ketones (excluding diaryl/α,β-unsaturated/α-hetero) is 1.